The van der Waals surface area contributed by atoms with Crippen LogP contribution in [0.2, 0.25) is 0 Å². The van der Waals surface area contributed by atoms with Gasteiger partial charge in [-0.1, -0.05) is 30.0 Å². The van der Waals surface area contributed by atoms with Crippen molar-refractivity contribution in [3.8, 4) is 11.8 Å². The van der Waals surface area contributed by atoms with Crippen molar-refractivity contribution in [1.82, 2.24) is 10.2 Å². The average molecular weight is 276 g/mol. The molecule has 4 nitrogen and oxygen atoms in total. The molecule has 0 saturated carbocycles. The smallest absolute Gasteiger partial charge is 0.340 e. The molecule has 21 heavy (non-hydrogen) atoms. The van der Waals surface area contributed by atoms with Crippen LogP contribution in [-0.2, 0) is 4.74 Å². The molecule has 0 spiro atoms. The van der Waals surface area contributed by atoms with E-state index in [4.69, 9.17) is 4.74 Å². The number of aromatic nitrogens is 2. The second-order valence-electron chi connectivity index (χ2n) is 4.47. The third kappa shape index (κ3) is 2.63. The summed E-state index contributed by atoms with van der Waals surface area (Å²) < 4.78 is 4.80. The molecule has 1 heterocycles. The fourth-order valence-electron chi connectivity index (χ4n) is 2.07. The molecule has 3 rings (SSSR count). The van der Waals surface area contributed by atoms with Gasteiger partial charge in [0.25, 0.3) is 0 Å². The number of H-pyrrole nitrogens is 1. The Morgan fingerprint density at radius 1 is 1.14 bits per heavy atom. The first-order valence-electron chi connectivity index (χ1n) is 6.40. The lowest BCUT2D eigenvalue weighted by Crippen LogP contribution is -2.02. The number of carbonyl (C=O) groups is 1. The summed E-state index contributed by atoms with van der Waals surface area (Å²) in [5.74, 6) is 5.72. The Morgan fingerprint density at radius 3 is 2.67 bits per heavy atom. The summed E-state index contributed by atoms with van der Waals surface area (Å²) >= 11 is 0. The number of ether oxygens (including phenoxy) is 1. The second kappa shape index (κ2) is 5.51. The van der Waals surface area contributed by atoms with Crippen LogP contribution in [-0.4, -0.2) is 23.3 Å². The fraction of sp³-hybridized carbons (Fsp3) is 0.0588. The van der Waals surface area contributed by atoms with Crippen molar-refractivity contribution in [3.05, 3.63) is 65.4 Å². The van der Waals surface area contributed by atoms with E-state index in [2.05, 4.69) is 22.0 Å². The van der Waals surface area contributed by atoms with E-state index in [1.807, 2.05) is 36.4 Å². The largest absolute Gasteiger partial charge is 0.465 e. The fourth-order valence-corrected chi connectivity index (χ4v) is 2.07. The molecule has 0 aliphatic carbocycles. The predicted molar refractivity (Wildman–Crippen MR) is 79.9 cm³/mol. The average Bonchev–Trinajstić information content (AvgIpc) is 3.00. The number of fused-ring (bicyclic) bond motifs is 1. The van der Waals surface area contributed by atoms with Crippen molar-refractivity contribution in [1.29, 1.82) is 0 Å². The van der Waals surface area contributed by atoms with E-state index in [1.165, 1.54) is 7.11 Å². The maximum absolute atomic E-state index is 11.8. The van der Waals surface area contributed by atoms with Crippen LogP contribution in [0.3, 0.4) is 0 Å². The summed E-state index contributed by atoms with van der Waals surface area (Å²) in [4.78, 5) is 11.8. The van der Waals surface area contributed by atoms with E-state index in [1.54, 1.807) is 12.3 Å². The Hall–Kier alpha value is -3.06. The van der Waals surface area contributed by atoms with Crippen molar-refractivity contribution in [2.24, 2.45) is 0 Å². The van der Waals surface area contributed by atoms with Crippen LogP contribution in [0.5, 0.6) is 0 Å². The lowest BCUT2D eigenvalue weighted by molar-refractivity contribution is 0.0602. The van der Waals surface area contributed by atoms with Crippen LogP contribution in [0.4, 0.5) is 0 Å². The quantitative estimate of drug-likeness (QED) is 0.549. The van der Waals surface area contributed by atoms with Gasteiger partial charge in [-0.3, -0.25) is 5.10 Å². The first-order chi connectivity index (χ1) is 10.3. The topological polar surface area (TPSA) is 55.0 Å². The lowest BCUT2D eigenvalue weighted by Gasteiger charge is -2.01. The molecule has 0 radical (unpaired) electrons. The van der Waals surface area contributed by atoms with Gasteiger partial charge in [0.05, 0.1) is 24.4 Å². The highest BCUT2D eigenvalue weighted by Crippen LogP contribution is 2.19. The molecule has 102 valence electrons. The van der Waals surface area contributed by atoms with Crippen LogP contribution < -0.4 is 0 Å². The van der Waals surface area contributed by atoms with Crippen molar-refractivity contribution in [3.63, 3.8) is 0 Å². The summed E-state index contributed by atoms with van der Waals surface area (Å²) in [7, 11) is 1.35. The van der Waals surface area contributed by atoms with Gasteiger partial charge >= 0.3 is 5.97 Å². The first kappa shape index (κ1) is 12.9. The minimum Gasteiger partial charge on any atom is -0.465 e. The zero-order chi connectivity index (χ0) is 14.7. The van der Waals surface area contributed by atoms with Gasteiger partial charge in [0.15, 0.2) is 0 Å². The summed E-state index contributed by atoms with van der Waals surface area (Å²) in [6.07, 6.45) is 1.66. The summed E-state index contributed by atoms with van der Waals surface area (Å²) in [6.45, 7) is 0. The molecule has 0 atom stereocenters. The number of esters is 1. The number of hydrogen-bond donors (Lipinski definition) is 1. The van der Waals surface area contributed by atoms with E-state index in [-0.39, 0.29) is 0 Å². The molecule has 1 aromatic heterocycles. The number of nitrogens with zero attached hydrogens (tertiary/aromatic N) is 1. The van der Waals surface area contributed by atoms with Gasteiger partial charge < -0.3 is 4.74 Å². The molecule has 4 heteroatoms. The molecule has 0 saturated heterocycles. The molecule has 0 aliphatic rings. The Labute approximate surface area is 121 Å². The predicted octanol–water partition coefficient (Wildman–Crippen LogP) is 2.75. The van der Waals surface area contributed by atoms with Gasteiger partial charge in [-0.2, -0.15) is 5.10 Å². The number of carbonyl (C=O) groups excluding carboxylic acids is 1. The normalized spacial score (nSPS) is 9.95. The summed E-state index contributed by atoms with van der Waals surface area (Å²) in [5, 5.41) is 7.59. The molecule has 0 fully saturated rings. The number of rotatable bonds is 1. The van der Waals surface area contributed by atoms with Crippen molar-refractivity contribution >= 4 is 16.9 Å². The third-order valence-electron chi connectivity index (χ3n) is 3.08. The van der Waals surface area contributed by atoms with Crippen LogP contribution >= 0.6 is 0 Å². The van der Waals surface area contributed by atoms with Gasteiger partial charge in [0, 0.05) is 16.5 Å². The molecular formula is C17H12N2O2. The van der Waals surface area contributed by atoms with Gasteiger partial charge in [-0.15, -0.1) is 0 Å². The standard InChI is InChI=1S/C17H12N2O2/c1-21-17(20)15-10-13(9-14-11-18-19-16(14)15)8-7-12-5-3-2-4-6-12/h2-6,9-11H,1H3,(H,18,19). The Bertz CT molecular complexity index is 855. The van der Waals surface area contributed by atoms with Crippen LogP contribution in [0, 0.1) is 11.8 Å². The molecular weight excluding hydrogens is 264 g/mol. The van der Waals surface area contributed by atoms with Gasteiger partial charge in [-0.05, 0) is 24.3 Å². The first-order valence-corrected chi connectivity index (χ1v) is 6.40. The molecule has 0 amide bonds. The molecule has 1 N–H and O–H groups in total. The Balaban J connectivity index is 2.08. The monoisotopic (exact) mass is 276 g/mol. The zero-order valence-electron chi connectivity index (χ0n) is 11.4. The molecule has 2 aromatic carbocycles. The summed E-state index contributed by atoms with van der Waals surface area (Å²) in [6, 6.07) is 13.3. The highest BCUT2D eigenvalue weighted by molar-refractivity contribution is 6.03. The maximum atomic E-state index is 11.8. The Morgan fingerprint density at radius 2 is 1.90 bits per heavy atom. The third-order valence-corrected chi connectivity index (χ3v) is 3.08. The van der Waals surface area contributed by atoms with Gasteiger partial charge in [-0.25, -0.2) is 4.79 Å². The zero-order valence-corrected chi connectivity index (χ0v) is 11.4. The van der Waals surface area contributed by atoms with Gasteiger partial charge in [0.1, 0.15) is 0 Å². The van der Waals surface area contributed by atoms with Crippen molar-refractivity contribution < 1.29 is 9.53 Å². The molecule has 0 aliphatic heterocycles. The molecule has 0 unspecified atom stereocenters. The van der Waals surface area contributed by atoms with Crippen LogP contribution in [0.25, 0.3) is 10.9 Å². The number of aromatic amines is 1. The minimum atomic E-state index is -0.410. The number of hydrogen-bond acceptors (Lipinski definition) is 3. The van der Waals surface area contributed by atoms with Gasteiger partial charge in [0.2, 0.25) is 0 Å². The summed E-state index contributed by atoms with van der Waals surface area (Å²) in [5.41, 5.74) is 2.76. The number of nitrogens with one attached hydrogen (secondary N) is 1. The lowest BCUT2D eigenvalue weighted by atomic mass is 10.1. The van der Waals surface area contributed by atoms with Crippen LogP contribution in [0.1, 0.15) is 21.5 Å². The number of methoxy groups -OCH3 is 1. The van der Waals surface area contributed by atoms with E-state index in [0.717, 1.165) is 16.5 Å². The second-order valence-corrected chi connectivity index (χ2v) is 4.47. The van der Waals surface area contributed by atoms with E-state index in [0.29, 0.717) is 11.1 Å². The highest BCUT2D eigenvalue weighted by Gasteiger charge is 2.13. The number of benzene rings is 2. The van der Waals surface area contributed by atoms with E-state index >= 15 is 0 Å². The van der Waals surface area contributed by atoms with Crippen molar-refractivity contribution in [2.75, 3.05) is 7.11 Å². The van der Waals surface area contributed by atoms with Crippen molar-refractivity contribution in [2.45, 2.75) is 0 Å². The molecule has 0 bridgehead atoms. The SMILES string of the molecule is COC(=O)c1cc(C#Cc2ccccc2)cc2cn[nH]c12. The van der Waals surface area contributed by atoms with E-state index < -0.39 is 5.97 Å². The maximum Gasteiger partial charge on any atom is 0.340 e. The highest BCUT2D eigenvalue weighted by atomic mass is 16.5. The Kier molecular flexibility index (Phi) is 3.40. The van der Waals surface area contributed by atoms with Crippen LogP contribution in [0.15, 0.2) is 48.7 Å². The van der Waals surface area contributed by atoms with E-state index in [9.17, 15) is 4.79 Å². The molecule has 3 aromatic rings. The minimum absolute atomic E-state index is 0.410.